The van der Waals surface area contributed by atoms with Crippen molar-refractivity contribution in [2.75, 3.05) is 64.6 Å². The summed E-state index contributed by atoms with van der Waals surface area (Å²) in [7, 11) is 0. The van der Waals surface area contributed by atoms with Crippen molar-refractivity contribution < 1.29 is 33.3 Å². The molecule has 4 heterocycles. The van der Waals surface area contributed by atoms with Crippen LogP contribution < -0.4 is 21.6 Å². The van der Waals surface area contributed by atoms with Crippen molar-refractivity contribution >= 4 is 17.6 Å². The van der Waals surface area contributed by atoms with Gasteiger partial charge in [-0.1, -0.05) is 20.3 Å². The Labute approximate surface area is 337 Å². The molecule has 1 fully saturated rings. The molecule has 57 heavy (non-hydrogen) atoms. The van der Waals surface area contributed by atoms with Crippen molar-refractivity contribution in [3.05, 3.63) is 70.3 Å². The van der Waals surface area contributed by atoms with Gasteiger partial charge in [-0.25, -0.2) is 4.79 Å². The molecule has 0 spiro atoms. The molecule has 2 amide bonds. The maximum absolute atomic E-state index is 13.1. The number of aryl methyl sites for hydroxylation is 2. The van der Waals surface area contributed by atoms with Crippen molar-refractivity contribution in [2.45, 2.75) is 111 Å². The summed E-state index contributed by atoms with van der Waals surface area (Å²) in [5, 5.41) is 9.16. The minimum Gasteiger partial charge on any atom is -0.379 e. The maximum atomic E-state index is 13.1. The van der Waals surface area contributed by atoms with Gasteiger partial charge in [0.1, 0.15) is 12.0 Å². The number of rotatable bonds is 27. The molecule has 0 radical (unpaired) electrons. The molecule has 3 aromatic heterocycles. The highest BCUT2D eigenvalue weighted by atomic mass is 16.6. The molecule has 0 aromatic carbocycles. The Kier molecular flexibility index (Phi) is 20.0. The molecular formula is C42H63N7O8. The van der Waals surface area contributed by atoms with Crippen molar-refractivity contribution in [1.82, 2.24) is 30.2 Å². The lowest BCUT2D eigenvalue weighted by atomic mass is 9.99. The quantitative estimate of drug-likeness (QED) is 0.0867. The van der Waals surface area contributed by atoms with Crippen LogP contribution in [0, 0.1) is 13.8 Å². The Morgan fingerprint density at radius 3 is 2.25 bits per heavy atom. The Hall–Kier alpha value is -4.28. The molecule has 4 atom stereocenters. The molecule has 4 rings (SSSR count). The van der Waals surface area contributed by atoms with E-state index in [-0.39, 0.29) is 35.8 Å². The average Bonchev–Trinajstić information content (AvgIpc) is 3.61. The Morgan fingerprint density at radius 2 is 1.54 bits per heavy atom. The van der Waals surface area contributed by atoms with E-state index in [2.05, 4.69) is 37.8 Å². The number of anilines is 1. The third kappa shape index (κ3) is 15.2. The van der Waals surface area contributed by atoms with Gasteiger partial charge in [0.15, 0.2) is 0 Å². The normalized spacial score (nSPS) is 17.0. The topological polar surface area (TPSA) is 177 Å². The number of hydrogen-bond acceptors (Lipinski definition) is 12. The summed E-state index contributed by atoms with van der Waals surface area (Å²) < 4.78 is 31.1. The largest absolute Gasteiger partial charge is 0.379 e. The number of nitrogens with zero attached hydrogens (tertiary/aromatic N) is 4. The molecule has 314 valence electrons. The van der Waals surface area contributed by atoms with Crippen molar-refractivity contribution in [3.63, 3.8) is 0 Å². The first-order valence-corrected chi connectivity index (χ1v) is 20.5. The average molecular weight is 794 g/mol. The standard InChI is InChI=1S/C42H63N7O8/c1-6-8-15-45-38(50)12-11-32(5)56-37-26-39(57-36(37)7-2)49-29-31(4)40(48-42(49)52)46-16-9-20-53-22-24-55-25-23-54-21-10-17-47-41(51)33-14-19-44-28-35(33)34-27-43-18-13-30(34)3/h13-14,18-19,27-29,32,36-37,39H,6-12,15-17,20-26H2,1-5H3,(H,45,50)(H,47,51)(H,46,48,52). The van der Waals surface area contributed by atoms with Gasteiger partial charge in [-0.2, -0.15) is 4.98 Å². The smallest absolute Gasteiger partial charge is 0.351 e. The summed E-state index contributed by atoms with van der Waals surface area (Å²) >= 11 is 0. The van der Waals surface area contributed by atoms with E-state index in [0.717, 1.165) is 47.9 Å². The van der Waals surface area contributed by atoms with E-state index in [4.69, 9.17) is 23.7 Å². The van der Waals surface area contributed by atoms with Gasteiger partial charge in [-0.05, 0) is 70.6 Å². The lowest BCUT2D eigenvalue weighted by Crippen LogP contribution is -2.29. The molecule has 15 heteroatoms. The van der Waals surface area contributed by atoms with Crippen molar-refractivity contribution in [1.29, 1.82) is 0 Å². The van der Waals surface area contributed by atoms with Crippen LogP contribution >= 0.6 is 0 Å². The third-order valence-electron chi connectivity index (χ3n) is 9.71. The number of pyridine rings is 2. The summed E-state index contributed by atoms with van der Waals surface area (Å²) in [5.74, 6) is 0.438. The Balaban J connectivity index is 1.02. The number of amides is 2. The first kappa shape index (κ1) is 45.4. The fourth-order valence-electron chi connectivity index (χ4n) is 6.47. The van der Waals surface area contributed by atoms with Crippen LogP contribution in [0.1, 0.15) is 99.9 Å². The Morgan fingerprint density at radius 1 is 0.877 bits per heavy atom. The summed E-state index contributed by atoms with van der Waals surface area (Å²) in [6, 6.07) is 3.63. The monoisotopic (exact) mass is 793 g/mol. The molecule has 0 saturated carbocycles. The van der Waals surface area contributed by atoms with Gasteiger partial charge in [-0.15, -0.1) is 0 Å². The first-order valence-electron chi connectivity index (χ1n) is 20.5. The van der Waals surface area contributed by atoms with E-state index in [9.17, 15) is 14.4 Å². The molecule has 0 bridgehead atoms. The van der Waals surface area contributed by atoms with E-state index in [0.29, 0.717) is 96.3 Å². The second-order valence-electron chi connectivity index (χ2n) is 14.3. The van der Waals surface area contributed by atoms with Crippen LogP contribution in [0.4, 0.5) is 5.82 Å². The predicted molar refractivity (Wildman–Crippen MR) is 218 cm³/mol. The maximum Gasteiger partial charge on any atom is 0.351 e. The second-order valence-corrected chi connectivity index (χ2v) is 14.3. The summed E-state index contributed by atoms with van der Waals surface area (Å²) in [5.41, 5.74) is 3.70. The van der Waals surface area contributed by atoms with Gasteiger partial charge >= 0.3 is 5.69 Å². The highest BCUT2D eigenvalue weighted by Gasteiger charge is 2.37. The molecule has 4 unspecified atom stereocenters. The van der Waals surface area contributed by atoms with Crippen LogP contribution in [0.5, 0.6) is 0 Å². The van der Waals surface area contributed by atoms with Gasteiger partial charge in [0.2, 0.25) is 5.91 Å². The first-order chi connectivity index (χ1) is 27.7. The zero-order valence-corrected chi connectivity index (χ0v) is 34.4. The van der Waals surface area contributed by atoms with Gasteiger partial charge in [-0.3, -0.25) is 24.1 Å². The van der Waals surface area contributed by atoms with E-state index in [1.807, 2.05) is 33.8 Å². The highest BCUT2D eigenvalue weighted by molar-refractivity contribution is 6.00. The van der Waals surface area contributed by atoms with Crippen LogP contribution in [0.2, 0.25) is 0 Å². The molecule has 1 aliphatic rings. The Bertz CT molecular complexity index is 1720. The zero-order chi connectivity index (χ0) is 40.8. The van der Waals surface area contributed by atoms with Crippen LogP contribution in [-0.2, 0) is 28.5 Å². The zero-order valence-electron chi connectivity index (χ0n) is 34.4. The minimum atomic E-state index is -0.463. The lowest BCUT2D eigenvalue weighted by Gasteiger charge is -2.22. The van der Waals surface area contributed by atoms with Crippen molar-refractivity contribution in [2.24, 2.45) is 0 Å². The second kappa shape index (κ2) is 25.2. The van der Waals surface area contributed by atoms with Crippen LogP contribution in [0.3, 0.4) is 0 Å². The molecule has 1 aliphatic heterocycles. The number of ether oxygens (including phenoxy) is 5. The fourth-order valence-corrected chi connectivity index (χ4v) is 6.47. The van der Waals surface area contributed by atoms with Gasteiger partial charge < -0.3 is 39.6 Å². The van der Waals surface area contributed by atoms with Gasteiger partial charge in [0.05, 0.1) is 50.3 Å². The SMILES string of the molecule is CCCCNC(=O)CCC(C)OC1CC(n2cc(C)c(NCCCOCCOCCOCCCNC(=O)c3ccncc3-c3cnccc3C)nc2=O)OC1CC. The van der Waals surface area contributed by atoms with E-state index < -0.39 is 6.23 Å². The summed E-state index contributed by atoms with van der Waals surface area (Å²) in [6.07, 6.45) is 13.5. The number of unbranched alkanes of at least 4 members (excludes halogenated alkanes) is 1. The fraction of sp³-hybridized carbons (Fsp3) is 0.619. The van der Waals surface area contributed by atoms with E-state index in [1.54, 1.807) is 41.6 Å². The number of hydrogen-bond donors (Lipinski definition) is 3. The highest BCUT2D eigenvalue weighted by Crippen LogP contribution is 2.33. The van der Waals surface area contributed by atoms with Gasteiger partial charge in [0, 0.05) is 93.4 Å². The molecule has 0 aliphatic carbocycles. The molecule has 3 aromatic rings. The number of carbonyl (C=O) groups is 2. The molecule has 15 nitrogen and oxygen atoms in total. The van der Waals surface area contributed by atoms with Crippen LogP contribution in [0.25, 0.3) is 11.1 Å². The molecular weight excluding hydrogens is 731 g/mol. The van der Waals surface area contributed by atoms with E-state index >= 15 is 0 Å². The summed E-state index contributed by atoms with van der Waals surface area (Å²) in [4.78, 5) is 50.7. The van der Waals surface area contributed by atoms with E-state index in [1.165, 1.54) is 0 Å². The molecule has 1 saturated heterocycles. The lowest BCUT2D eigenvalue weighted by molar-refractivity contribution is -0.122. The predicted octanol–water partition coefficient (Wildman–Crippen LogP) is 5.16. The number of nitrogens with one attached hydrogen (secondary N) is 3. The van der Waals surface area contributed by atoms with Crippen LogP contribution in [-0.4, -0.2) is 109 Å². The number of aromatic nitrogens is 4. The minimum absolute atomic E-state index is 0.0485. The van der Waals surface area contributed by atoms with Crippen LogP contribution in [0.15, 0.2) is 47.9 Å². The van der Waals surface area contributed by atoms with Crippen molar-refractivity contribution in [3.8, 4) is 11.1 Å². The number of carbonyl (C=O) groups excluding carboxylic acids is 2. The molecule has 3 N–H and O–H groups in total. The van der Waals surface area contributed by atoms with Gasteiger partial charge in [0.25, 0.3) is 5.91 Å². The summed E-state index contributed by atoms with van der Waals surface area (Å²) in [6.45, 7) is 14.7. The third-order valence-corrected chi connectivity index (χ3v) is 9.71.